The summed E-state index contributed by atoms with van der Waals surface area (Å²) in [5.41, 5.74) is 7.38. The van der Waals surface area contributed by atoms with Crippen LogP contribution in [-0.2, 0) is 14.9 Å². The summed E-state index contributed by atoms with van der Waals surface area (Å²) >= 11 is 0. The number of nitrogens with zero attached hydrogens (tertiary/aromatic N) is 1. The number of methoxy groups -OCH3 is 1. The Balaban J connectivity index is 2.36. The van der Waals surface area contributed by atoms with Crippen molar-refractivity contribution in [3.8, 4) is 0 Å². The molecular weight excluding hydrogens is 256 g/mol. The van der Waals surface area contributed by atoms with Gasteiger partial charge in [-0.3, -0.25) is 4.72 Å². The third kappa shape index (κ3) is 2.54. The Morgan fingerprint density at radius 3 is 3.00 bits per heavy atom. The standard InChI is InChI=1S/C10H14N4O3S/c1-17-6-5-12-7-3-2-4-8-9(7)10(11)14-18(15,16)13-8/h2-4,12-13H,5-6H2,1H3,(H2,11,14). The first-order valence-electron chi connectivity index (χ1n) is 5.28. The molecule has 1 aliphatic rings. The molecule has 7 nitrogen and oxygen atoms in total. The lowest BCUT2D eigenvalue weighted by Gasteiger charge is -2.19. The van der Waals surface area contributed by atoms with Crippen LogP contribution in [0, 0.1) is 0 Å². The van der Waals surface area contributed by atoms with Crippen LogP contribution in [0.3, 0.4) is 0 Å². The molecule has 0 aromatic heterocycles. The molecule has 4 N–H and O–H groups in total. The number of benzene rings is 1. The van der Waals surface area contributed by atoms with Gasteiger partial charge in [0, 0.05) is 19.3 Å². The Bertz CT molecular complexity index is 583. The summed E-state index contributed by atoms with van der Waals surface area (Å²) in [5.74, 6) is -0.0238. The molecule has 0 radical (unpaired) electrons. The maximum Gasteiger partial charge on any atom is 0.344 e. The molecule has 8 heteroatoms. The lowest BCUT2D eigenvalue weighted by molar-refractivity contribution is 0.211. The van der Waals surface area contributed by atoms with E-state index >= 15 is 0 Å². The third-order valence-corrected chi connectivity index (χ3v) is 3.31. The molecule has 0 amide bonds. The smallest absolute Gasteiger partial charge is 0.344 e. The van der Waals surface area contributed by atoms with Crippen molar-refractivity contribution in [2.24, 2.45) is 10.1 Å². The molecule has 1 aromatic rings. The maximum absolute atomic E-state index is 11.4. The van der Waals surface area contributed by atoms with E-state index in [4.69, 9.17) is 10.5 Å². The lowest BCUT2D eigenvalue weighted by Crippen LogP contribution is -2.27. The first kappa shape index (κ1) is 12.7. The van der Waals surface area contributed by atoms with Gasteiger partial charge < -0.3 is 15.8 Å². The number of fused-ring (bicyclic) bond motifs is 1. The van der Waals surface area contributed by atoms with Crippen molar-refractivity contribution in [1.29, 1.82) is 0 Å². The zero-order valence-corrected chi connectivity index (χ0v) is 10.6. The molecular formula is C10H14N4O3S. The van der Waals surface area contributed by atoms with Crippen LogP contribution in [0.25, 0.3) is 0 Å². The van der Waals surface area contributed by atoms with E-state index in [9.17, 15) is 8.42 Å². The van der Waals surface area contributed by atoms with Gasteiger partial charge in [-0.15, -0.1) is 4.40 Å². The Morgan fingerprint density at radius 1 is 1.50 bits per heavy atom. The normalized spacial score (nSPS) is 16.4. The van der Waals surface area contributed by atoms with Crippen LogP contribution in [0.2, 0.25) is 0 Å². The van der Waals surface area contributed by atoms with Crippen LogP contribution >= 0.6 is 0 Å². The van der Waals surface area contributed by atoms with Crippen molar-refractivity contribution in [2.75, 3.05) is 30.3 Å². The molecule has 98 valence electrons. The number of ether oxygens (including phenoxy) is 1. The van der Waals surface area contributed by atoms with E-state index in [1.165, 1.54) is 0 Å². The molecule has 18 heavy (non-hydrogen) atoms. The molecule has 0 fully saturated rings. The van der Waals surface area contributed by atoms with Crippen LogP contribution in [0.1, 0.15) is 5.56 Å². The fraction of sp³-hybridized carbons (Fsp3) is 0.300. The number of amidine groups is 1. The highest BCUT2D eigenvalue weighted by atomic mass is 32.2. The minimum absolute atomic E-state index is 0.0238. The number of hydrogen-bond acceptors (Lipinski definition) is 5. The summed E-state index contributed by atoms with van der Waals surface area (Å²) in [6.07, 6.45) is 0. The van der Waals surface area contributed by atoms with Gasteiger partial charge in [0.15, 0.2) is 0 Å². The maximum atomic E-state index is 11.4. The minimum atomic E-state index is -3.73. The molecule has 1 aliphatic heterocycles. The van der Waals surface area contributed by atoms with Crippen molar-refractivity contribution in [2.45, 2.75) is 0 Å². The Morgan fingerprint density at radius 2 is 2.28 bits per heavy atom. The van der Waals surface area contributed by atoms with E-state index < -0.39 is 10.2 Å². The molecule has 0 saturated heterocycles. The van der Waals surface area contributed by atoms with Gasteiger partial charge in [0.25, 0.3) is 0 Å². The van der Waals surface area contributed by atoms with Gasteiger partial charge in [0.05, 0.1) is 17.9 Å². The first-order chi connectivity index (χ1) is 8.53. The van der Waals surface area contributed by atoms with Crippen molar-refractivity contribution >= 4 is 27.4 Å². The van der Waals surface area contributed by atoms with E-state index in [1.54, 1.807) is 25.3 Å². The van der Waals surface area contributed by atoms with Crippen molar-refractivity contribution in [3.05, 3.63) is 23.8 Å². The van der Waals surface area contributed by atoms with Crippen molar-refractivity contribution in [1.82, 2.24) is 0 Å². The number of rotatable bonds is 4. The highest BCUT2D eigenvalue weighted by molar-refractivity contribution is 7.91. The van der Waals surface area contributed by atoms with Gasteiger partial charge in [-0.05, 0) is 12.1 Å². The average Bonchev–Trinajstić information content (AvgIpc) is 2.27. The van der Waals surface area contributed by atoms with E-state index in [-0.39, 0.29) is 5.84 Å². The third-order valence-electron chi connectivity index (χ3n) is 2.40. The Kier molecular flexibility index (Phi) is 3.39. The fourth-order valence-electron chi connectivity index (χ4n) is 1.69. The molecule has 0 aliphatic carbocycles. The van der Waals surface area contributed by atoms with Gasteiger partial charge in [-0.25, -0.2) is 0 Å². The van der Waals surface area contributed by atoms with Gasteiger partial charge in [0.1, 0.15) is 5.84 Å². The summed E-state index contributed by atoms with van der Waals surface area (Å²) in [7, 11) is -2.12. The number of nitrogens with one attached hydrogen (secondary N) is 2. The van der Waals surface area contributed by atoms with E-state index in [0.29, 0.717) is 30.1 Å². The van der Waals surface area contributed by atoms with Crippen molar-refractivity contribution in [3.63, 3.8) is 0 Å². The van der Waals surface area contributed by atoms with Crippen LogP contribution in [0.5, 0.6) is 0 Å². The molecule has 1 aromatic carbocycles. The predicted molar refractivity (Wildman–Crippen MR) is 70.1 cm³/mol. The van der Waals surface area contributed by atoms with Crippen LogP contribution in [-0.4, -0.2) is 34.5 Å². The molecule has 2 rings (SSSR count). The van der Waals surface area contributed by atoms with Gasteiger partial charge in [-0.1, -0.05) is 6.07 Å². The van der Waals surface area contributed by atoms with Gasteiger partial charge in [0.2, 0.25) is 0 Å². The molecule has 0 unspecified atom stereocenters. The SMILES string of the molecule is COCCNc1cccc2c1C(N)=NS(=O)(=O)N2. The number of nitrogens with two attached hydrogens (primary N) is 1. The monoisotopic (exact) mass is 270 g/mol. The fourth-order valence-corrected chi connectivity index (χ4v) is 2.53. The first-order valence-corrected chi connectivity index (χ1v) is 6.72. The average molecular weight is 270 g/mol. The highest BCUT2D eigenvalue weighted by Gasteiger charge is 2.23. The largest absolute Gasteiger partial charge is 0.383 e. The molecule has 0 atom stereocenters. The topological polar surface area (TPSA) is 106 Å². The van der Waals surface area contributed by atoms with Crippen LogP contribution in [0.4, 0.5) is 11.4 Å². The summed E-state index contributed by atoms with van der Waals surface area (Å²) in [5, 5.41) is 3.11. The van der Waals surface area contributed by atoms with Gasteiger partial charge in [-0.2, -0.15) is 8.42 Å². The number of hydrogen-bond donors (Lipinski definition) is 3. The zero-order valence-electron chi connectivity index (χ0n) is 9.80. The second kappa shape index (κ2) is 4.83. The van der Waals surface area contributed by atoms with E-state index in [0.717, 1.165) is 0 Å². The molecule has 0 saturated carbocycles. The lowest BCUT2D eigenvalue weighted by atomic mass is 10.1. The molecule has 0 bridgehead atoms. The van der Waals surface area contributed by atoms with Gasteiger partial charge >= 0.3 is 10.2 Å². The Labute approximate surface area is 105 Å². The molecule has 0 spiro atoms. The highest BCUT2D eigenvalue weighted by Crippen LogP contribution is 2.28. The van der Waals surface area contributed by atoms with Crippen LogP contribution < -0.4 is 15.8 Å². The second-order valence-corrected chi connectivity index (χ2v) is 5.04. The second-order valence-electron chi connectivity index (χ2n) is 3.70. The Hall–Kier alpha value is -1.80. The summed E-state index contributed by atoms with van der Waals surface area (Å²) < 4.78 is 33.4. The summed E-state index contributed by atoms with van der Waals surface area (Å²) in [6, 6.07) is 5.17. The predicted octanol–water partition coefficient (Wildman–Crippen LogP) is 0.120. The number of anilines is 2. The zero-order chi connectivity index (χ0) is 13.2. The van der Waals surface area contributed by atoms with E-state index in [1.807, 2.05) is 0 Å². The van der Waals surface area contributed by atoms with Crippen molar-refractivity contribution < 1.29 is 13.2 Å². The summed E-state index contributed by atoms with van der Waals surface area (Å²) in [4.78, 5) is 0. The van der Waals surface area contributed by atoms with E-state index in [2.05, 4.69) is 14.4 Å². The minimum Gasteiger partial charge on any atom is -0.383 e. The quantitative estimate of drug-likeness (QED) is 0.674. The van der Waals surface area contributed by atoms with Crippen LogP contribution in [0.15, 0.2) is 22.6 Å². The molecule has 1 heterocycles. The summed E-state index contributed by atoms with van der Waals surface area (Å²) in [6.45, 7) is 1.12.